The summed E-state index contributed by atoms with van der Waals surface area (Å²) in [6.45, 7) is 1.99. The van der Waals surface area contributed by atoms with Crippen molar-refractivity contribution in [3.05, 3.63) is 120 Å². The number of aliphatic hydroxyl groups excluding tert-OH is 1. The number of tetrazole rings is 1. The molecule has 0 radical (unpaired) electrons. The number of aliphatic hydroxyl groups is 1. The Labute approximate surface area is 264 Å². The first-order valence-corrected chi connectivity index (χ1v) is 16.7. The second-order valence-corrected chi connectivity index (χ2v) is 13.2. The van der Waals surface area contributed by atoms with Gasteiger partial charge in [-0.3, -0.25) is 4.72 Å². The zero-order chi connectivity index (χ0) is 31.4. The molecule has 0 unspecified atom stereocenters. The van der Waals surface area contributed by atoms with Gasteiger partial charge in [0.15, 0.2) is 6.29 Å². The van der Waals surface area contributed by atoms with Crippen LogP contribution in [-0.2, 0) is 26.1 Å². The van der Waals surface area contributed by atoms with Crippen molar-refractivity contribution in [1.29, 1.82) is 0 Å². The number of phenols is 1. The highest BCUT2D eigenvalue weighted by Crippen LogP contribution is 2.43. The number of hydrogen-bond acceptors (Lipinski definition) is 10. The molecule has 0 amide bonds. The van der Waals surface area contributed by atoms with E-state index >= 15 is 0 Å². The van der Waals surface area contributed by atoms with Crippen molar-refractivity contribution in [3.63, 3.8) is 0 Å². The fourth-order valence-corrected chi connectivity index (χ4v) is 7.18. The summed E-state index contributed by atoms with van der Waals surface area (Å²) >= 11 is 1.43. The third-order valence-corrected chi connectivity index (χ3v) is 9.90. The Hall–Kier alpha value is -4.27. The van der Waals surface area contributed by atoms with Crippen LogP contribution in [0.15, 0.2) is 113 Å². The lowest BCUT2D eigenvalue weighted by molar-refractivity contribution is -0.268. The van der Waals surface area contributed by atoms with E-state index in [1.54, 1.807) is 65.3 Å². The van der Waals surface area contributed by atoms with Gasteiger partial charge in [-0.25, -0.2) is 8.42 Å². The summed E-state index contributed by atoms with van der Waals surface area (Å²) in [5.74, 6) is 0.545. The van der Waals surface area contributed by atoms with Crippen molar-refractivity contribution in [2.24, 2.45) is 5.92 Å². The Morgan fingerprint density at radius 2 is 1.67 bits per heavy atom. The van der Waals surface area contributed by atoms with Gasteiger partial charge in [0.2, 0.25) is 5.16 Å². The fourth-order valence-electron chi connectivity index (χ4n) is 5.05. The number of sulfonamides is 1. The van der Waals surface area contributed by atoms with Crippen LogP contribution in [0.25, 0.3) is 5.69 Å². The minimum Gasteiger partial charge on any atom is -0.508 e. The van der Waals surface area contributed by atoms with Gasteiger partial charge in [0.1, 0.15) is 5.75 Å². The predicted molar refractivity (Wildman–Crippen MR) is 168 cm³/mol. The van der Waals surface area contributed by atoms with Gasteiger partial charge in [0.25, 0.3) is 10.0 Å². The van der Waals surface area contributed by atoms with E-state index in [1.807, 2.05) is 30.3 Å². The minimum atomic E-state index is -3.79. The fraction of sp³-hybridized carbons (Fsp3) is 0.219. The van der Waals surface area contributed by atoms with Crippen LogP contribution in [-0.4, -0.2) is 50.7 Å². The van der Waals surface area contributed by atoms with Crippen molar-refractivity contribution in [3.8, 4) is 11.4 Å². The molecule has 1 aliphatic heterocycles. The zero-order valence-corrected chi connectivity index (χ0v) is 25.8. The van der Waals surface area contributed by atoms with Crippen LogP contribution in [0, 0.1) is 5.92 Å². The molecule has 45 heavy (non-hydrogen) atoms. The molecule has 1 aromatic heterocycles. The van der Waals surface area contributed by atoms with E-state index in [4.69, 9.17) is 9.47 Å². The maximum atomic E-state index is 13.0. The van der Waals surface area contributed by atoms with E-state index < -0.39 is 16.3 Å². The van der Waals surface area contributed by atoms with E-state index in [0.717, 1.165) is 11.1 Å². The first-order chi connectivity index (χ1) is 21.8. The third kappa shape index (κ3) is 7.02. The number of phenolic OH excluding ortho intramolecular Hbond substituents is 1. The summed E-state index contributed by atoms with van der Waals surface area (Å²) in [6.07, 6.45) is -1.48. The molecular formula is C32H31N5O6S2. The number of nitrogens with one attached hydrogen (secondary N) is 1. The quantitative estimate of drug-likeness (QED) is 0.172. The topological polar surface area (TPSA) is 149 Å². The molecule has 0 saturated carbocycles. The van der Waals surface area contributed by atoms with Gasteiger partial charge >= 0.3 is 0 Å². The Bertz CT molecular complexity index is 1840. The number of rotatable bonds is 10. The van der Waals surface area contributed by atoms with E-state index in [1.165, 1.54) is 23.9 Å². The maximum Gasteiger partial charge on any atom is 0.261 e. The molecule has 0 spiro atoms. The van der Waals surface area contributed by atoms with E-state index in [9.17, 15) is 18.6 Å². The number of benzene rings is 4. The average Bonchev–Trinajstić information content (AvgIpc) is 3.54. The van der Waals surface area contributed by atoms with Crippen LogP contribution in [0.2, 0.25) is 0 Å². The monoisotopic (exact) mass is 645 g/mol. The normalized spacial score (nSPS) is 20.1. The maximum absolute atomic E-state index is 13.0. The first kappa shape index (κ1) is 30.7. The molecule has 13 heteroatoms. The number of aromatic hydroxyl groups is 1. The molecule has 0 bridgehead atoms. The molecule has 4 aromatic carbocycles. The van der Waals surface area contributed by atoms with Crippen molar-refractivity contribution in [1.82, 2.24) is 20.2 Å². The number of hydrogen-bond donors (Lipinski definition) is 3. The molecule has 6 rings (SSSR count). The van der Waals surface area contributed by atoms with Crippen LogP contribution >= 0.6 is 11.8 Å². The van der Waals surface area contributed by atoms with Gasteiger partial charge in [-0.1, -0.05) is 73.3 Å². The molecule has 11 nitrogen and oxygen atoms in total. The molecule has 1 aliphatic rings. The first-order valence-electron chi connectivity index (χ1n) is 14.2. The van der Waals surface area contributed by atoms with Crippen LogP contribution in [0.4, 0.5) is 5.69 Å². The lowest BCUT2D eigenvalue weighted by Gasteiger charge is -2.41. The molecule has 5 aromatic rings. The Morgan fingerprint density at radius 3 is 2.40 bits per heavy atom. The van der Waals surface area contributed by atoms with E-state index in [2.05, 4.69) is 27.2 Å². The van der Waals surface area contributed by atoms with Crippen LogP contribution in [0.5, 0.6) is 5.75 Å². The van der Waals surface area contributed by atoms with Crippen molar-refractivity contribution in [2.45, 2.75) is 42.1 Å². The third-order valence-electron chi connectivity index (χ3n) is 7.50. The molecule has 4 atom stereocenters. The zero-order valence-electron chi connectivity index (χ0n) is 24.2. The standard InChI is InChI=1S/C32H31N5O6S2/c1-21-29(20-44-32-33-35-36-37(32)26-14-16-27(39)17-15-26)42-31(43-30(21)23-12-10-22(19-38)11-13-23)24-6-5-7-25(18-24)34-45(40,41)28-8-3-2-4-9-28/h2-18,21,29-31,34,38-39H,19-20H2,1H3/t21-,29+,30+,31+/m0/s1. The molecule has 2 heterocycles. The highest BCUT2D eigenvalue weighted by molar-refractivity contribution is 7.99. The van der Waals surface area contributed by atoms with Gasteiger partial charge in [-0.05, 0) is 70.1 Å². The second kappa shape index (κ2) is 13.4. The highest BCUT2D eigenvalue weighted by Gasteiger charge is 2.38. The Kier molecular flexibility index (Phi) is 9.14. The van der Waals surface area contributed by atoms with Crippen LogP contribution in [0.1, 0.15) is 36.0 Å². The van der Waals surface area contributed by atoms with Gasteiger partial charge < -0.3 is 19.7 Å². The average molecular weight is 646 g/mol. The highest BCUT2D eigenvalue weighted by atomic mass is 32.2. The van der Waals surface area contributed by atoms with Gasteiger partial charge in [0.05, 0.1) is 29.4 Å². The largest absolute Gasteiger partial charge is 0.508 e. The van der Waals surface area contributed by atoms with Crippen molar-refractivity contribution in [2.75, 3.05) is 10.5 Å². The van der Waals surface area contributed by atoms with Gasteiger partial charge in [0, 0.05) is 22.9 Å². The number of nitrogens with zero attached hydrogens (tertiary/aromatic N) is 4. The smallest absolute Gasteiger partial charge is 0.261 e. The summed E-state index contributed by atoms with van der Waals surface area (Å²) < 4.78 is 43.3. The molecule has 232 valence electrons. The van der Waals surface area contributed by atoms with Gasteiger partial charge in [-0.15, -0.1) is 5.10 Å². The molecular weight excluding hydrogens is 615 g/mol. The van der Waals surface area contributed by atoms with Gasteiger partial charge in [-0.2, -0.15) is 4.68 Å². The Balaban J connectivity index is 1.26. The van der Waals surface area contributed by atoms with E-state index in [-0.39, 0.29) is 35.4 Å². The van der Waals surface area contributed by atoms with Crippen LogP contribution in [0.3, 0.4) is 0 Å². The van der Waals surface area contributed by atoms with Crippen molar-refractivity contribution >= 4 is 27.5 Å². The Morgan fingerprint density at radius 1 is 0.911 bits per heavy atom. The summed E-state index contributed by atoms with van der Waals surface area (Å²) in [7, 11) is -3.79. The number of anilines is 1. The summed E-state index contributed by atoms with van der Waals surface area (Å²) in [4.78, 5) is 0.160. The second-order valence-electron chi connectivity index (χ2n) is 10.6. The summed E-state index contributed by atoms with van der Waals surface area (Å²) in [5, 5.41) is 31.9. The predicted octanol–water partition coefficient (Wildman–Crippen LogP) is 5.24. The molecule has 1 fully saturated rings. The number of aromatic nitrogens is 4. The van der Waals surface area contributed by atoms with E-state index in [0.29, 0.717) is 27.8 Å². The number of ether oxygens (including phenoxy) is 2. The lowest BCUT2D eigenvalue weighted by atomic mass is 9.91. The minimum absolute atomic E-state index is 0.0617. The SMILES string of the molecule is C[C@H]1[C@@H](CSc2nnnn2-c2ccc(O)cc2)O[C@@H](c2cccc(NS(=O)(=O)c3ccccc3)c2)O[C@H]1c1ccc(CO)cc1. The van der Waals surface area contributed by atoms with Crippen molar-refractivity contribution < 1.29 is 28.1 Å². The molecule has 3 N–H and O–H groups in total. The molecule has 1 saturated heterocycles. The summed E-state index contributed by atoms with van der Waals surface area (Å²) in [6, 6.07) is 29.4. The molecule has 0 aliphatic carbocycles. The lowest BCUT2D eigenvalue weighted by Crippen LogP contribution is -2.38. The number of thioether (sulfide) groups is 1. The summed E-state index contributed by atoms with van der Waals surface area (Å²) in [5.41, 5.74) is 3.45. The van der Waals surface area contributed by atoms with Crippen LogP contribution < -0.4 is 4.72 Å².